The van der Waals surface area contributed by atoms with Crippen LogP contribution in [0.4, 0.5) is 0 Å². The molecule has 0 radical (unpaired) electrons. The maximum Gasteiger partial charge on any atom is 0.343 e. The first-order valence-corrected chi connectivity index (χ1v) is 15.7. The second-order valence-electron chi connectivity index (χ2n) is 11.0. The van der Waals surface area contributed by atoms with Crippen molar-refractivity contribution in [2.45, 2.75) is 96.5 Å². The Labute approximate surface area is 248 Å². The third kappa shape index (κ3) is 6.66. The van der Waals surface area contributed by atoms with Crippen LogP contribution in [0, 0.1) is 17.8 Å². The van der Waals surface area contributed by atoms with Gasteiger partial charge in [0.1, 0.15) is 5.60 Å². The van der Waals surface area contributed by atoms with Crippen LogP contribution in [0.25, 0.3) is 0 Å². The summed E-state index contributed by atoms with van der Waals surface area (Å²) in [6.45, 7) is 9.17. The summed E-state index contributed by atoms with van der Waals surface area (Å²) in [6.07, 6.45) is 7.74. The van der Waals surface area contributed by atoms with Gasteiger partial charge in [0.15, 0.2) is 5.60 Å². The highest BCUT2D eigenvalue weighted by Crippen LogP contribution is 2.55. The highest BCUT2D eigenvalue weighted by molar-refractivity contribution is 8.05. The molecule has 1 atom stereocenters. The van der Waals surface area contributed by atoms with E-state index in [4.69, 9.17) is 9.47 Å². The predicted octanol–water partition coefficient (Wildman–Crippen LogP) is 7.96. The van der Waals surface area contributed by atoms with Crippen molar-refractivity contribution >= 4 is 41.9 Å². The Kier molecular flexibility index (Phi) is 10.4. The van der Waals surface area contributed by atoms with E-state index in [0.717, 1.165) is 60.7 Å². The number of fused-ring (bicyclic) bond motifs is 2. The van der Waals surface area contributed by atoms with Gasteiger partial charge in [-0.1, -0.05) is 78.9 Å². The molecule has 2 aromatic rings. The third-order valence-electron chi connectivity index (χ3n) is 7.73. The zero-order valence-corrected chi connectivity index (χ0v) is 25.7. The van der Waals surface area contributed by atoms with Crippen molar-refractivity contribution in [3.05, 3.63) is 48.0 Å². The fourth-order valence-electron chi connectivity index (χ4n) is 6.00. The first kappa shape index (κ1) is 30.3. The lowest BCUT2D eigenvalue weighted by Gasteiger charge is -2.45. The second-order valence-corrected chi connectivity index (χ2v) is 13.1. The number of hydrogen-bond acceptors (Lipinski definition) is 6. The summed E-state index contributed by atoms with van der Waals surface area (Å²) in [5.74, 6) is 6.54. The molecule has 0 spiro atoms. The topological polar surface area (TPSA) is 38.8 Å². The first-order chi connectivity index (χ1) is 18.4. The molecule has 1 aliphatic carbocycles. The Morgan fingerprint density at radius 1 is 0.949 bits per heavy atom. The predicted molar refractivity (Wildman–Crippen MR) is 162 cm³/mol. The minimum atomic E-state index is -1.21. The molecule has 3 aliphatic rings. The Bertz CT molecular complexity index is 1210. The standard InChI is InChI=1S/C32H39NO3S2.ClH/c1-4-35-30(34)32(24-14-6-5-7-15-24,36-31(2,3)20-13-23-33-21-10-11-22-33)25-16-12-19-28-29(25)38-27-18-9-8-17-26(27)37-28;/h8-9,12,16-19,24H,4-7,10-11,14-15,21-23H2,1-3H3;1H. The van der Waals surface area contributed by atoms with E-state index in [1.807, 2.05) is 20.8 Å². The van der Waals surface area contributed by atoms with Crippen LogP contribution < -0.4 is 0 Å². The number of likely N-dealkylation sites (tertiary alicyclic amines) is 1. The van der Waals surface area contributed by atoms with Crippen LogP contribution in [0.15, 0.2) is 62.0 Å². The van der Waals surface area contributed by atoms with Gasteiger partial charge in [-0.25, -0.2) is 4.79 Å². The molecular weight excluding hydrogens is 546 g/mol. The number of carbonyl (C=O) groups excluding carboxylic acids is 1. The number of benzene rings is 2. The summed E-state index contributed by atoms with van der Waals surface area (Å²) in [5.41, 5.74) is -1.11. The number of rotatable bonds is 7. The van der Waals surface area contributed by atoms with Crippen LogP contribution in [0.3, 0.4) is 0 Å². The van der Waals surface area contributed by atoms with E-state index in [9.17, 15) is 4.79 Å². The van der Waals surface area contributed by atoms with Gasteiger partial charge in [0.25, 0.3) is 0 Å². The Morgan fingerprint density at radius 3 is 2.31 bits per heavy atom. The van der Waals surface area contributed by atoms with Crippen LogP contribution >= 0.6 is 35.9 Å². The van der Waals surface area contributed by atoms with E-state index in [1.165, 1.54) is 29.1 Å². The van der Waals surface area contributed by atoms with Gasteiger partial charge in [-0.2, -0.15) is 0 Å². The molecule has 39 heavy (non-hydrogen) atoms. The Morgan fingerprint density at radius 2 is 1.62 bits per heavy atom. The van der Waals surface area contributed by atoms with Crippen molar-refractivity contribution < 1.29 is 14.3 Å². The van der Waals surface area contributed by atoms with Crippen molar-refractivity contribution in [2.24, 2.45) is 5.92 Å². The maximum atomic E-state index is 14.2. The molecule has 1 saturated heterocycles. The zero-order chi connectivity index (χ0) is 26.6. The third-order valence-corrected chi connectivity index (χ3v) is 10.3. The van der Waals surface area contributed by atoms with Crippen molar-refractivity contribution in [3.8, 4) is 11.8 Å². The van der Waals surface area contributed by atoms with E-state index < -0.39 is 11.2 Å². The fraction of sp³-hybridized carbons (Fsp3) is 0.531. The summed E-state index contributed by atoms with van der Waals surface area (Å²) in [5, 5.41) is 0. The summed E-state index contributed by atoms with van der Waals surface area (Å²) in [7, 11) is 0. The molecular formula is C32H40ClNO3S2. The number of halogens is 1. The minimum absolute atomic E-state index is 0. The number of carbonyl (C=O) groups is 1. The SMILES string of the molecule is CCOC(=O)C(OC(C)(C)C#CCN1CCCC1)(c1cccc2c1Sc1ccccc1S2)C1CCCCC1.Cl. The van der Waals surface area contributed by atoms with Gasteiger partial charge in [0.2, 0.25) is 0 Å². The van der Waals surface area contributed by atoms with Crippen molar-refractivity contribution in [1.29, 1.82) is 0 Å². The molecule has 2 heterocycles. The van der Waals surface area contributed by atoms with E-state index in [1.54, 1.807) is 23.5 Å². The van der Waals surface area contributed by atoms with Crippen LogP contribution in [-0.4, -0.2) is 42.7 Å². The molecule has 0 amide bonds. The van der Waals surface area contributed by atoms with Crippen molar-refractivity contribution in [3.63, 3.8) is 0 Å². The molecule has 7 heteroatoms. The molecule has 2 aliphatic heterocycles. The second kappa shape index (κ2) is 13.4. The largest absolute Gasteiger partial charge is 0.464 e. The monoisotopic (exact) mass is 585 g/mol. The zero-order valence-electron chi connectivity index (χ0n) is 23.3. The number of nitrogens with zero attached hydrogens (tertiary/aromatic N) is 1. The van der Waals surface area contributed by atoms with Crippen molar-refractivity contribution in [2.75, 3.05) is 26.2 Å². The lowest BCUT2D eigenvalue weighted by Crippen LogP contribution is -2.52. The smallest absolute Gasteiger partial charge is 0.343 e. The fourth-order valence-corrected chi connectivity index (χ4v) is 8.43. The van der Waals surface area contributed by atoms with Crippen LogP contribution in [0.1, 0.15) is 71.3 Å². The van der Waals surface area contributed by atoms with Crippen molar-refractivity contribution in [1.82, 2.24) is 4.90 Å². The maximum absolute atomic E-state index is 14.2. The highest BCUT2D eigenvalue weighted by atomic mass is 35.5. The van der Waals surface area contributed by atoms with E-state index >= 15 is 0 Å². The molecule has 1 unspecified atom stereocenters. The quantitative estimate of drug-likeness (QED) is 0.207. The lowest BCUT2D eigenvalue weighted by molar-refractivity contribution is -0.204. The summed E-state index contributed by atoms with van der Waals surface area (Å²) >= 11 is 3.51. The van der Waals surface area contributed by atoms with Gasteiger partial charge < -0.3 is 9.47 Å². The average molecular weight is 586 g/mol. The van der Waals surface area contributed by atoms with Gasteiger partial charge in [0, 0.05) is 31.1 Å². The van der Waals surface area contributed by atoms with Crippen LogP contribution in [-0.2, 0) is 19.9 Å². The molecule has 0 aromatic heterocycles. The average Bonchev–Trinajstić information content (AvgIpc) is 3.44. The van der Waals surface area contributed by atoms with Gasteiger partial charge in [-0.15, -0.1) is 12.4 Å². The molecule has 0 N–H and O–H groups in total. The van der Waals surface area contributed by atoms with E-state index in [-0.39, 0.29) is 24.3 Å². The van der Waals surface area contributed by atoms with E-state index in [0.29, 0.717) is 6.61 Å². The molecule has 2 fully saturated rings. The molecule has 0 bridgehead atoms. The minimum Gasteiger partial charge on any atom is -0.464 e. The van der Waals surface area contributed by atoms with Gasteiger partial charge in [0.05, 0.1) is 13.2 Å². The summed E-state index contributed by atoms with van der Waals surface area (Å²) in [4.78, 5) is 21.4. The molecule has 1 saturated carbocycles. The van der Waals surface area contributed by atoms with Gasteiger partial charge in [-0.3, -0.25) is 4.90 Å². The molecule has 2 aromatic carbocycles. The number of ether oxygens (including phenoxy) is 2. The van der Waals surface area contributed by atoms with Gasteiger partial charge in [-0.05, 0) is 77.7 Å². The Balaban J connectivity index is 0.00000353. The van der Waals surface area contributed by atoms with Gasteiger partial charge >= 0.3 is 5.97 Å². The molecule has 4 nitrogen and oxygen atoms in total. The molecule has 210 valence electrons. The molecule has 5 rings (SSSR count). The number of hydrogen-bond donors (Lipinski definition) is 0. The van der Waals surface area contributed by atoms with Crippen LogP contribution in [0.2, 0.25) is 0 Å². The lowest BCUT2D eigenvalue weighted by atomic mass is 9.72. The number of esters is 1. The summed E-state index contributed by atoms with van der Waals surface area (Å²) < 4.78 is 13.0. The van der Waals surface area contributed by atoms with Crippen LogP contribution in [0.5, 0.6) is 0 Å². The highest BCUT2D eigenvalue weighted by Gasteiger charge is 2.54. The first-order valence-electron chi connectivity index (χ1n) is 14.1. The van der Waals surface area contributed by atoms with E-state index in [2.05, 4.69) is 59.2 Å². The Hall–Kier alpha value is -1.62. The normalized spacial score (nSPS) is 19.1. The summed E-state index contributed by atoms with van der Waals surface area (Å²) in [6, 6.07) is 14.8.